The number of rotatable bonds is 8. The number of oxazole rings is 1. The van der Waals surface area contributed by atoms with Gasteiger partial charge < -0.3 is 9.15 Å². The molecule has 4 rings (SSSR count). The molecule has 0 radical (unpaired) electrons. The monoisotopic (exact) mass is 390 g/mol. The Morgan fingerprint density at radius 2 is 1.93 bits per heavy atom. The Morgan fingerprint density at radius 1 is 1.10 bits per heavy atom. The lowest BCUT2D eigenvalue weighted by molar-refractivity contribution is 0.259. The van der Waals surface area contributed by atoms with Crippen molar-refractivity contribution >= 4 is 10.8 Å². The molecule has 0 fully saturated rings. The standard InChI is InChI=1S/C23H26N4O2/c1-4-26(14-15-27-13-7-12-24-27)16-21-17(2)29-23(25-21)20-10-11-22(28-3)19-9-6-5-8-18(19)20/h5-13H,4,14-16H2,1-3H3. The van der Waals surface area contributed by atoms with Gasteiger partial charge in [0.1, 0.15) is 11.5 Å². The molecule has 0 aliphatic carbocycles. The zero-order chi connectivity index (χ0) is 20.2. The number of ether oxygens (including phenoxy) is 1. The quantitative estimate of drug-likeness (QED) is 0.442. The smallest absolute Gasteiger partial charge is 0.227 e. The van der Waals surface area contributed by atoms with Crippen molar-refractivity contribution in [2.75, 3.05) is 20.2 Å². The van der Waals surface area contributed by atoms with Gasteiger partial charge in [0, 0.05) is 36.4 Å². The van der Waals surface area contributed by atoms with Gasteiger partial charge in [-0.25, -0.2) is 4.98 Å². The minimum absolute atomic E-state index is 0.652. The molecule has 29 heavy (non-hydrogen) atoms. The average Bonchev–Trinajstić information content (AvgIpc) is 3.40. The Hall–Kier alpha value is -3.12. The molecule has 0 amide bonds. The number of likely N-dealkylation sites (N-methyl/N-ethyl adjacent to an activating group) is 1. The number of aromatic nitrogens is 3. The lowest BCUT2D eigenvalue weighted by Crippen LogP contribution is -2.27. The van der Waals surface area contributed by atoms with Crippen molar-refractivity contribution < 1.29 is 9.15 Å². The second kappa shape index (κ2) is 8.49. The SMILES string of the molecule is CCN(CCn1cccn1)Cc1nc(-c2ccc(OC)c3ccccc23)oc1C. The van der Waals surface area contributed by atoms with E-state index in [-0.39, 0.29) is 0 Å². The summed E-state index contributed by atoms with van der Waals surface area (Å²) < 4.78 is 13.5. The minimum Gasteiger partial charge on any atom is -0.496 e. The van der Waals surface area contributed by atoms with Crippen LogP contribution >= 0.6 is 0 Å². The fourth-order valence-corrected chi connectivity index (χ4v) is 3.56. The fraction of sp³-hybridized carbons (Fsp3) is 0.304. The summed E-state index contributed by atoms with van der Waals surface area (Å²) in [7, 11) is 1.69. The Labute approximate surface area is 170 Å². The van der Waals surface area contributed by atoms with Crippen LogP contribution in [-0.2, 0) is 13.1 Å². The van der Waals surface area contributed by atoms with Gasteiger partial charge >= 0.3 is 0 Å². The number of benzene rings is 2. The van der Waals surface area contributed by atoms with Crippen molar-refractivity contribution in [1.82, 2.24) is 19.7 Å². The number of methoxy groups -OCH3 is 1. The molecule has 0 saturated heterocycles. The first-order valence-electron chi connectivity index (χ1n) is 9.91. The lowest BCUT2D eigenvalue weighted by Gasteiger charge is -2.19. The van der Waals surface area contributed by atoms with E-state index >= 15 is 0 Å². The van der Waals surface area contributed by atoms with Gasteiger partial charge in [-0.3, -0.25) is 9.58 Å². The molecule has 2 aromatic heterocycles. The number of hydrogen-bond acceptors (Lipinski definition) is 5. The van der Waals surface area contributed by atoms with Crippen LogP contribution in [0, 0.1) is 6.92 Å². The van der Waals surface area contributed by atoms with Gasteiger partial charge in [-0.15, -0.1) is 0 Å². The van der Waals surface area contributed by atoms with Crippen LogP contribution in [0.5, 0.6) is 5.75 Å². The van der Waals surface area contributed by atoms with Gasteiger partial charge in [0.2, 0.25) is 5.89 Å². The van der Waals surface area contributed by atoms with Crippen molar-refractivity contribution in [3.63, 3.8) is 0 Å². The van der Waals surface area contributed by atoms with E-state index < -0.39 is 0 Å². The number of hydrogen-bond donors (Lipinski definition) is 0. The first kappa shape index (κ1) is 19.2. The van der Waals surface area contributed by atoms with Gasteiger partial charge in [0.15, 0.2) is 0 Å². The molecule has 0 unspecified atom stereocenters. The first-order chi connectivity index (χ1) is 14.2. The summed E-state index contributed by atoms with van der Waals surface area (Å²) in [5, 5.41) is 6.41. The van der Waals surface area contributed by atoms with Crippen LogP contribution in [0.2, 0.25) is 0 Å². The van der Waals surface area contributed by atoms with Gasteiger partial charge in [0.25, 0.3) is 0 Å². The maximum Gasteiger partial charge on any atom is 0.227 e. The van der Waals surface area contributed by atoms with Crippen molar-refractivity contribution in [3.05, 3.63) is 66.3 Å². The number of fused-ring (bicyclic) bond motifs is 1. The zero-order valence-corrected chi connectivity index (χ0v) is 17.1. The van der Waals surface area contributed by atoms with Crippen molar-refractivity contribution in [2.45, 2.75) is 26.9 Å². The zero-order valence-electron chi connectivity index (χ0n) is 17.1. The van der Waals surface area contributed by atoms with Crippen molar-refractivity contribution in [3.8, 4) is 17.2 Å². The van der Waals surface area contributed by atoms with Crippen LogP contribution in [0.25, 0.3) is 22.2 Å². The normalized spacial score (nSPS) is 11.4. The molecular weight excluding hydrogens is 364 g/mol. The highest BCUT2D eigenvalue weighted by Crippen LogP contribution is 2.34. The van der Waals surface area contributed by atoms with Crippen molar-refractivity contribution in [2.24, 2.45) is 0 Å². The summed E-state index contributed by atoms with van der Waals surface area (Å²) in [6, 6.07) is 14.1. The molecule has 0 atom stereocenters. The summed E-state index contributed by atoms with van der Waals surface area (Å²) >= 11 is 0. The summed E-state index contributed by atoms with van der Waals surface area (Å²) in [6.07, 6.45) is 3.80. The predicted molar refractivity (Wildman–Crippen MR) is 114 cm³/mol. The molecule has 0 aliphatic rings. The van der Waals surface area contributed by atoms with E-state index in [0.29, 0.717) is 5.89 Å². The maximum atomic E-state index is 6.08. The largest absolute Gasteiger partial charge is 0.496 e. The Kier molecular flexibility index (Phi) is 5.62. The molecule has 2 aromatic carbocycles. The van der Waals surface area contributed by atoms with Gasteiger partial charge in [-0.1, -0.05) is 31.2 Å². The number of aryl methyl sites for hydroxylation is 1. The third-order valence-corrected chi connectivity index (χ3v) is 5.25. The second-order valence-corrected chi connectivity index (χ2v) is 7.02. The van der Waals surface area contributed by atoms with E-state index in [2.05, 4.69) is 29.1 Å². The molecule has 4 aromatic rings. The molecule has 0 N–H and O–H groups in total. The predicted octanol–water partition coefficient (Wildman–Crippen LogP) is 4.53. The molecule has 0 spiro atoms. The average molecular weight is 390 g/mol. The molecular formula is C23H26N4O2. The van der Waals surface area contributed by atoms with E-state index in [0.717, 1.165) is 59.7 Å². The molecule has 0 aliphatic heterocycles. The highest BCUT2D eigenvalue weighted by atomic mass is 16.5. The minimum atomic E-state index is 0.652. The summed E-state index contributed by atoms with van der Waals surface area (Å²) in [5.41, 5.74) is 1.96. The Bertz CT molecular complexity index is 1090. The Morgan fingerprint density at radius 3 is 2.66 bits per heavy atom. The number of nitrogens with zero attached hydrogens (tertiary/aromatic N) is 4. The summed E-state index contributed by atoms with van der Waals surface area (Å²) in [6.45, 7) is 7.60. The Balaban J connectivity index is 1.59. The molecule has 150 valence electrons. The molecule has 6 heteroatoms. The molecule has 0 saturated carbocycles. The van der Waals surface area contributed by atoms with Crippen LogP contribution in [0.15, 0.2) is 59.3 Å². The summed E-state index contributed by atoms with van der Waals surface area (Å²) in [5.74, 6) is 2.36. The maximum absolute atomic E-state index is 6.08. The lowest BCUT2D eigenvalue weighted by atomic mass is 10.0. The molecule has 2 heterocycles. The first-order valence-corrected chi connectivity index (χ1v) is 9.91. The molecule has 6 nitrogen and oxygen atoms in total. The van der Waals surface area contributed by atoms with Crippen molar-refractivity contribution in [1.29, 1.82) is 0 Å². The summed E-state index contributed by atoms with van der Waals surface area (Å²) in [4.78, 5) is 7.20. The van der Waals surface area contributed by atoms with Gasteiger partial charge in [-0.2, -0.15) is 5.10 Å². The van der Waals surface area contributed by atoms with Gasteiger partial charge in [0.05, 0.1) is 19.3 Å². The molecule has 0 bridgehead atoms. The van der Waals surface area contributed by atoms with E-state index in [1.807, 2.05) is 54.3 Å². The second-order valence-electron chi connectivity index (χ2n) is 7.02. The van der Waals surface area contributed by atoms with E-state index in [1.54, 1.807) is 7.11 Å². The topological polar surface area (TPSA) is 56.3 Å². The van der Waals surface area contributed by atoms with Crippen LogP contribution in [0.3, 0.4) is 0 Å². The third-order valence-electron chi connectivity index (χ3n) is 5.25. The van der Waals surface area contributed by atoms with E-state index in [9.17, 15) is 0 Å². The highest BCUT2D eigenvalue weighted by Gasteiger charge is 2.17. The van der Waals surface area contributed by atoms with E-state index in [1.165, 1.54) is 0 Å². The van der Waals surface area contributed by atoms with Crippen LogP contribution in [-0.4, -0.2) is 39.9 Å². The highest BCUT2D eigenvalue weighted by molar-refractivity contribution is 5.98. The van der Waals surface area contributed by atoms with Gasteiger partial charge in [-0.05, 0) is 37.1 Å². The third kappa shape index (κ3) is 4.03. The van der Waals surface area contributed by atoms with Crippen LogP contribution in [0.1, 0.15) is 18.4 Å². The van der Waals surface area contributed by atoms with Crippen LogP contribution < -0.4 is 4.74 Å². The van der Waals surface area contributed by atoms with E-state index in [4.69, 9.17) is 14.1 Å². The fourth-order valence-electron chi connectivity index (χ4n) is 3.56. The van der Waals surface area contributed by atoms with Crippen LogP contribution in [0.4, 0.5) is 0 Å².